The van der Waals surface area contributed by atoms with Crippen molar-refractivity contribution >= 4 is 21.8 Å². The minimum absolute atomic E-state index is 0.0459. The van der Waals surface area contributed by atoms with Gasteiger partial charge >= 0.3 is 0 Å². The van der Waals surface area contributed by atoms with E-state index in [4.69, 9.17) is 15.9 Å². The van der Waals surface area contributed by atoms with Gasteiger partial charge in [0.15, 0.2) is 0 Å². The summed E-state index contributed by atoms with van der Waals surface area (Å²) in [5, 5.41) is 7.55. The third kappa shape index (κ3) is 5.39. The summed E-state index contributed by atoms with van der Waals surface area (Å²) in [6.07, 6.45) is 0.375. The highest BCUT2D eigenvalue weighted by Crippen LogP contribution is 2.23. The molecule has 33 heavy (non-hydrogen) atoms. The highest BCUT2D eigenvalue weighted by molar-refractivity contribution is 7.89. The number of amides is 1. The molecule has 1 saturated heterocycles. The minimum atomic E-state index is -3.88. The summed E-state index contributed by atoms with van der Waals surface area (Å²) in [5.74, 6) is 0.832. The van der Waals surface area contributed by atoms with Crippen LogP contribution in [0.15, 0.2) is 83.8 Å². The molecule has 3 aromatic carbocycles. The van der Waals surface area contributed by atoms with E-state index in [9.17, 15) is 13.2 Å². The van der Waals surface area contributed by atoms with Crippen molar-refractivity contribution in [1.82, 2.24) is 9.62 Å². The first-order chi connectivity index (χ1) is 15.8. The van der Waals surface area contributed by atoms with Crippen molar-refractivity contribution in [2.75, 3.05) is 6.54 Å². The third-order valence-corrected chi connectivity index (χ3v) is 6.81. The van der Waals surface area contributed by atoms with E-state index in [0.717, 1.165) is 5.56 Å². The van der Waals surface area contributed by atoms with E-state index in [1.807, 2.05) is 24.3 Å². The second-order valence-electron chi connectivity index (χ2n) is 7.72. The summed E-state index contributed by atoms with van der Waals surface area (Å²) in [7, 11) is -3.88. The fourth-order valence-corrected chi connectivity index (χ4v) is 4.85. The summed E-state index contributed by atoms with van der Waals surface area (Å²) in [4.78, 5) is 14.5. The number of rotatable bonds is 8. The fourth-order valence-electron chi connectivity index (χ4n) is 3.63. The van der Waals surface area contributed by atoms with Crippen molar-refractivity contribution < 1.29 is 17.9 Å². The van der Waals surface area contributed by atoms with E-state index in [0.29, 0.717) is 36.6 Å². The molecule has 1 amide bonds. The van der Waals surface area contributed by atoms with E-state index in [1.165, 1.54) is 12.1 Å². The molecule has 170 valence electrons. The van der Waals surface area contributed by atoms with Crippen LogP contribution in [-0.4, -0.2) is 37.6 Å². The van der Waals surface area contributed by atoms with Gasteiger partial charge in [-0.1, -0.05) is 36.4 Å². The molecule has 1 heterocycles. The number of nitrogen functional groups attached to an aromatic ring is 1. The number of carbonyl (C=O) groups excluding carboxylic acids is 1. The van der Waals surface area contributed by atoms with Gasteiger partial charge in [-0.05, 0) is 54.4 Å². The van der Waals surface area contributed by atoms with Gasteiger partial charge in [-0.2, -0.15) is 4.72 Å². The van der Waals surface area contributed by atoms with Crippen LogP contribution in [0.3, 0.4) is 0 Å². The molecule has 1 atom stereocenters. The number of para-hydroxylation sites is 1. The van der Waals surface area contributed by atoms with Crippen molar-refractivity contribution in [3.63, 3.8) is 0 Å². The Morgan fingerprint density at radius 3 is 2.42 bits per heavy atom. The molecule has 0 aliphatic carbocycles. The van der Waals surface area contributed by atoms with E-state index in [1.54, 1.807) is 47.4 Å². The zero-order valence-electron chi connectivity index (χ0n) is 17.8. The number of hydrogen-bond donors (Lipinski definition) is 3. The van der Waals surface area contributed by atoms with E-state index < -0.39 is 16.1 Å². The maximum absolute atomic E-state index is 12.8. The number of hydrogen-bond acceptors (Lipinski definition) is 5. The van der Waals surface area contributed by atoms with Gasteiger partial charge < -0.3 is 15.4 Å². The van der Waals surface area contributed by atoms with Gasteiger partial charge in [0.05, 0.1) is 4.90 Å². The highest BCUT2D eigenvalue weighted by atomic mass is 32.2. The Hall–Kier alpha value is -3.69. The summed E-state index contributed by atoms with van der Waals surface area (Å²) in [5.41, 5.74) is 6.94. The van der Waals surface area contributed by atoms with E-state index in [-0.39, 0.29) is 16.6 Å². The average Bonchev–Trinajstić information content (AvgIpc) is 3.13. The molecule has 4 rings (SSSR count). The molecular weight excluding hydrogens is 440 g/mol. The van der Waals surface area contributed by atoms with Crippen LogP contribution in [0.5, 0.6) is 11.5 Å². The van der Waals surface area contributed by atoms with Crippen LogP contribution in [-0.2, 0) is 21.4 Å². The maximum Gasteiger partial charge on any atom is 0.241 e. The van der Waals surface area contributed by atoms with Crippen molar-refractivity contribution in [3.8, 4) is 11.5 Å². The SMILES string of the molecule is N=C(N)c1cccc(CN2CC[C@H](NS(=O)(=O)c3ccc(Oc4ccccc4)cc3)C2=O)c1. The van der Waals surface area contributed by atoms with Crippen molar-refractivity contribution in [1.29, 1.82) is 5.41 Å². The Morgan fingerprint density at radius 1 is 1.03 bits per heavy atom. The number of nitrogens with two attached hydrogens (primary N) is 1. The first-order valence-corrected chi connectivity index (χ1v) is 11.9. The normalized spacial score (nSPS) is 16.1. The largest absolute Gasteiger partial charge is 0.457 e. The summed E-state index contributed by atoms with van der Waals surface area (Å²) in [6.45, 7) is 0.754. The fraction of sp³-hybridized carbons (Fsp3) is 0.167. The quantitative estimate of drug-likeness (QED) is 0.349. The average molecular weight is 465 g/mol. The lowest BCUT2D eigenvalue weighted by Gasteiger charge is -2.18. The van der Waals surface area contributed by atoms with Gasteiger partial charge in [0.25, 0.3) is 0 Å². The minimum Gasteiger partial charge on any atom is -0.457 e. The van der Waals surface area contributed by atoms with E-state index in [2.05, 4.69) is 4.72 Å². The lowest BCUT2D eigenvalue weighted by molar-refractivity contribution is -0.129. The third-order valence-electron chi connectivity index (χ3n) is 5.32. The lowest BCUT2D eigenvalue weighted by atomic mass is 10.1. The molecule has 8 nitrogen and oxygen atoms in total. The second-order valence-corrected chi connectivity index (χ2v) is 9.44. The topological polar surface area (TPSA) is 126 Å². The van der Waals surface area contributed by atoms with Crippen LogP contribution >= 0.6 is 0 Å². The van der Waals surface area contributed by atoms with E-state index >= 15 is 0 Å². The molecular formula is C24H24N4O4S. The number of sulfonamides is 1. The predicted molar refractivity (Wildman–Crippen MR) is 125 cm³/mol. The predicted octanol–water partition coefficient (Wildman–Crippen LogP) is 2.84. The molecule has 9 heteroatoms. The lowest BCUT2D eigenvalue weighted by Crippen LogP contribution is -2.41. The number of benzene rings is 3. The first-order valence-electron chi connectivity index (χ1n) is 10.4. The molecule has 0 spiro atoms. The van der Waals surface area contributed by atoms with Crippen LogP contribution in [0.2, 0.25) is 0 Å². The smallest absolute Gasteiger partial charge is 0.241 e. The van der Waals surface area contributed by atoms with Gasteiger partial charge in [-0.25, -0.2) is 8.42 Å². The van der Waals surface area contributed by atoms with Crippen LogP contribution < -0.4 is 15.2 Å². The van der Waals surface area contributed by atoms with Gasteiger partial charge in [0.1, 0.15) is 23.4 Å². The van der Waals surface area contributed by atoms with Crippen LogP contribution in [0, 0.1) is 5.41 Å². The Kier molecular flexibility index (Phi) is 6.43. The zero-order chi connectivity index (χ0) is 23.4. The Bertz CT molecular complexity index is 1260. The van der Waals surface area contributed by atoms with Crippen LogP contribution in [0.1, 0.15) is 17.5 Å². The maximum atomic E-state index is 12.8. The summed E-state index contributed by atoms with van der Waals surface area (Å²) >= 11 is 0. The number of carbonyl (C=O) groups is 1. The molecule has 0 aromatic heterocycles. The van der Waals surface area contributed by atoms with Crippen molar-refractivity contribution in [2.45, 2.75) is 23.9 Å². The number of likely N-dealkylation sites (tertiary alicyclic amines) is 1. The molecule has 1 aliphatic rings. The Balaban J connectivity index is 1.39. The number of ether oxygens (including phenoxy) is 1. The Morgan fingerprint density at radius 2 is 1.73 bits per heavy atom. The summed E-state index contributed by atoms with van der Waals surface area (Å²) in [6, 6.07) is 21.5. The van der Waals surface area contributed by atoms with Gasteiger partial charge in [-0.15, -0.1) is 0 Å². The molecule has 0 bridgehead atoms. The molecule has 1 aliphatic heterocycles. The number of nitrogens with one attached hydrogen (secondary N) is 2. The molecule has 1 fully saturated rings. The number of amidine groups is 1. The monoisotopic (exact) mass is 464 g/mol. The molecule has 0 unspecified atom stereocenters. The Labute approximate surface area is 192 Å². The number of nitrogens with zero attached hydrogens (tertiary/aromatic N) is 1. The van der Waals surface area contributed by atoms with Gasteiger partial charge in [-0.3, -0.25) is 10.2 Å². The molecule has 4 N–H and O–H groups in total. The highest BCUT2D eigenvalue weighted by Gasteiger charge is 2.34. The second kappa shape index (κ2) is 9.43. The molecule has 0 radical (unpaired) electrons. The molecule has 3 aromatic rings. The van der Waals surface area contributed by atoms with Gasteiger partial charge in [0, 0.05) is 18.7 Å². The summed E-state index contributed by atoms with van der Waals surface area (Å²) < 4.78 is 33.9. The van der Waals surface area contributed by atoms with Gasteiger partial charge in [0.2, 0.25) is 15.9 Å². The van der Waals surface area contributed by atoms with Crippen molar-refractivity contribution in [2.24, 2.45) is 5.73 Å². The standard InChI is InChI=1S/C24H24N4O4S/c25-23(26)18-6-4-5-17(15-18)16-28-14-13-22(24(28)29)27-33(30,31)21-11-9-20(10-12-21)32-19-7-2-1-3-8-19/h1-12,15,22,27H,13-14,16H2,(H3,25,26)/t22-/m0/s1. The van der Waals surface area contributed by atoms with Crippen LogP contribution in [0.25, 0.3) is 0 Å². The van der Waals surface area contributed by atoms with Crippen LogP contribution in [0.4, 0.5) is 0 Å². The zero-order valence-corrected chi connectivity index (χ0v) is 18.6. The first kappa shape index (κ1) is 22.5. The molecule has 0 saturated carbocycles. The van der Waals surface area contributed by atoms with Crippen molar-refractivity contribution in [3.05, 3.63) is 90.0 Å².